The Morgan fingerprint density at radius 1 is 1.19 bits per heavy atom. The maximum absolute atomic E-state index is 13.0. The van der Waals surface area contributed by atoms with Gasteiger partial charge >= 0.3 is 0 Å². The maximum atomic E-state index is 13.0. The Morgan fingerprint density at radius 3 is 2.63 bits per heavy atom. The quantitative estimate of drug-likeness (QED) is 0.675. The van der Waals surface area contributed by atoms with E-state index in [1.54, 1.807) is 29.1 Å². The first-order valence-electron chi connectivity index (χ1n) is 8.54. The van der Waals surface area contributed by atoms with Crippen molar-refractivity contribution < 1.29 is 9.13 Å². The lowest BCUT2D eigenvalue weighted by Gasteiger charge is -2.12. The molecular formula is C20H19FN4OS. The fourth-order valence-corrected chi connectivity index (χ4v) is 2.56. The number of rotatable bonds is 5. The minimum Gasteiger partial charge on any atom is -0.478 e. The van der Waals surface area contributed by atoms with Gasteiger partial charge < -0.3 is 10.1 Å². The molecule has 27 heavy (non-hydrogen) atoms. The molecule has 0 fully saturated rings. The number of benzene rings is 2. The van der Waals surface area contributed by atoms with Gasteiger partial charge in [0.2, 0.25) is 5.88 Å². The van der Waals surface area contributed by atoms with Gasteiger partial charge in [-0.25, -0.2) is 14.1 Å². The number of ether oxygens (including phenoxy) is 1. The number of anilines is 1. The van der Waals surface area contributed by atoms with Gasteiger partial charge in [0, 0.05) is 11.8 Å². The molecule has 138 valence electrons. The van der Waals surface area contributed by atoms with E-state index >= 15 is 0 Å². The molecule has 0 amide bonds. The highest BCUT2D eigenvalue weighted by molar-refractivity contribution is 7.80. The molecule has 0 unspecified atom stereocenters. The van der Waals surface area contributed by atoms with Crippen molar-refractivity contribution in [1.29, 1.82) is 0 Å². The number of nitrogens with one attached hydrogen (secondary N) is 1. The van der Waals surface area contributed by atoms with E-state index in [2.05, 4.69) is 15.4 Å². The molecule has 0 saturated carbocycles. The van der Waals surface area contributed by atoms with E-state index in [0.717, 1.165) is 12.1 Å². The molecule has 1 heterocycles. The Kier molecular flexibility index (Phi) is 6.27. The molecule has 1 aromatic heterocycles. The van der Waals surface area contributed by atoms with Crippen LogP contribution in [0.25, 0.3) is 5.69 Å². The summed E-state index contributed by atoms with van der Waals surface area (Å²) in [5.41, 5.74) is 1.55. The Bertz CT molecular complexity index is 971. The van der Waals surface area contributed by atoms with E-state index in [0.29, 0.717) is 23.5 Å². The lowest BCUT2D eigenvalue weighted by atomic mass is 10.3. The Morgan fingerprint density at radius 2 is 1.93 bits per heavy atom. The fourth-order valence-electron chi connectivity index (χ4n) is 2.33. The summed E-state index contributed by atoms with van der Waals surface area (Å²) in [7, 11) is 0. The summed E-state index contributed by atoms with van der Waals surface area (Å²) in [6.45, 7) is 2.60. The fraction of sp³-hybridized carbons (Fsp3) is 0.150. The van der Waals surface area contributed by atoms with Gasteiger partial charge in [0.05, 0.1) is 23.8 Å². The van der Waals surface area contributed by atoms with Crippen LogP contribution in [-0.2, 0) is 0 Å². The van der Waals surface area contributed by atoms with Crippen molar-refractivity contribution in [2.45, 2.75) is 13.3 Å². The first-order chi connectivity index (χ1) is 13.2. The summed E-state index contributed by atoms with van der Waals surface area (Å²) >= 11 is 5.26. The second-order valence-electron chi connectivity index (χ2n) is 5.70. The van der Waals surface area contributed by atoms with E-state index in [1.165, 1.54) is 12.1 Å². The van der Waals surface area contributed by atoms with Crippen LogP contribution in [0, 0.1) is 5.82 Å². The molecule has 0 radical (unpaired) electrons. The molecule has 3 rings (SSSR count). The average molecular weight is 382 g/mol. The van der Waals surface area contributed by atoms with Crippen LogP contribution in [0.5, 0.6) is 5.88 Å². The summed E-state index contributed by atoms with van der Waals surface area (Å²) in [6, 6.07) is 17.4. The number of nitrogens with zero attached hydrogens (tertiary/aromatic N) is 3. The number of hydrogen-bond donors (Lipinski definition) is 1. The summed E-state index contributed by atoms with van der Waals surface area (Å²) in [4.78, 5) is 4.35. The zero-order valence-corrected chi connectivity index (χ0v) is 15.6. The number of aromatic nitrogens is 2. The van der Waals surface area contributed by atoms with Crippen molar-refractivity contribution in [1.82, 2.24) is 9.78 Å². The number of halogens is 1. The van der Waals surface area contributed by atoms with Gasteiger partial charge in [-0.15, -0.1) is 0 Å². The number of thiocarbonyl (C=S) groups is 1. The minimum absolute atomic E-state index is 0.252. The van der Waals surface area contributed by atoms with Crippen LogP contribution in [-0.4, -0.2) is 21.5 Å². The predicted molar refractivity (Wildman–Crippen MR) is 108 cm³/mol. The molecule has 2 aromatic carbocycles. The van der Waals surface area contributed by atoms with Gasteiger partial charge in [-0.2, -0.15) is 5.10 Å². The molecule has 0 atom stereocenters. The summed E-state index contributed by atoms with van der Waals surface area (Å²) < 4.78 is 20.5. The summed E-state index contributed by atoms with van der Waals surface area (Å²) in [6.07, 6.45) is 2.49. The highest BCUT2D eigenvalue weighted by Gasteiger charge is 2.05. The summed E-state index contributed by atoms with van der Waals surface area (Å²) in [5.74, 6) is 0.271. The largest absolute Gasteiger partial charge is 0.478 e. The molecule has 5 nitrogen and oxygen atoms in total. The van der Waals surface area contributed by atoms with Crippen molar-refractivity contribution in [2.24, 2.45) is 4.99 Å². The van der Waals surface area contributed by atoms with E-state index in [9.17, 15) is 4.39 Å². The van der Waals surface area contributed by atoms with E-state index < -0.39 is 0 Å². The minimum atomic E-state index is -0.307. The molecule has 0 saturated heterocycles. The van der Waals surface area contributed by atoms with Crippen molar-refractivity contribution in [3.63, 3.8) is 0 Å². The molecule has 0 aliphatic rings. The van der Waals surface area contributed by atoms with Crippen molar-refractivity contribution >= 4 is 23.0 Å². The van der Waals surface area contributed by atoms with Gasteiger partial charge in [0.15, 0.2) is 5.11 Å². The predicted octanol–water partition coefficient (Wildman–Crippen LogP) is 4.10. The highest BCUT2D eigenvalue weighted by Crippen LogP contribution is 2.14. The van der Waals surface area contributed by atoms with E-state index in [-0.39, 0.29) is 10.9 Å². The van der Waals surface area contributed by atoms with Crippen molar-refractivity contribution in [3.8, 4) is 11.6 Å². The topological polar surface area (TPSA) is 51.4 Å². The van der Waals surface area contributed by atoms with E-state index in [4.69, 9.17) is 17.0 Å². The standard InChI is InChI=1S/C20H19FN4OS/c1-2-12-26-19-13-17(14-22-25(19)18-6-4-3-5-7-18)24-20(27)23-16-10-8-15(21)9-11-16/h3-11,13-14H,2,12H2,1H3,(H,23,27)/b24-17+. The third-order valence-corrected chi connectivity index (χ3v) is 3.76. The van der Waals surface area contributed by atoms with Gasteiger partial charge in [-0.1, -0.05) is 25.1 Å². The molecule has 1 N–H and O–H groups in total. The number of hydrogen-bond acceptors (Lipinski definition) is 3. The molecule has 0 aliphatic carbocycles. The second kappa shape index (κ2) is 9.05. The van der Waals surface area contributed by atoms with Crippen LogP contribution in [0.15, 0.2) is 71.9 Å². The zero-order chi connectivity index (χ0) is 19.1. The van der Waals surface area contributed by atoms with Crippen LogP contribution in [0.3, 0.4) is 0 Å². The third-order valence-electron chi connectivity index (χ3n) is 3.57. The number of para-hydroxylation sites is 1. The first kappa shape index (κ1) is 18.7. The van der Waals surface area contributed by atoms with Crippen molar-refractivity contribution in [2.75, 3.05) is 11.9 Å². The second-order valence-corrected chi connectivity index (χ2v) is 6.08. The van der Waals surface area contributed by atoms with Crippen molar-refractivity contribution in [3.05, 3.63) is 78.0 Å². The monoisotopic (exact) mass is 382 g/mol. The lowest BCUT2D eigenvalue weighted by molar-refractivity contribution is 0.291. The molecule has 0 aliphatic heterocycles. The zero-order valence-electron chi connectivity index (χ0n) is 14.8. The molecule has 0 spiro atoms. The molecule has 7 heteroatoms. The summed E-state index contributed by atoms with van der Waals surface area (Å²) in [5, 5.41) is 8.20. The smallest absolute Gasteiger partial charge is 0.217 e. The van der Waals surface area contributed by atoms with Gasteiger partial charge in [-0.05, 0) is 55.0 Å². The van der Waals surface area contributed by atoms with Crippen LogP contribution >= 0.6 is 12.2 Å². The molecule has 3 aromatic rings. The SMILES string of the molecule is CCCOc1c/c(=N\C(=S)Nc2ccc(F)cc2)cnn1-c1ccccc1. The van der Waals surface area contributed by atoms with Crippen LogP contribution in [0.2, 0.25) is 0 Å². The normalized spacial score (nSPS) is 11.3. The Hall–Kier alpha value is -3.06. The third kappa shape index (κ3) is 5.21. The Balaban J connectivity index is 1.87. The van der Waals surface area contributed by atoms with Crippen LogP contribution in [0.4, 0.5) is 10.1 Å². The van der Waals surface area contributed by atoms with Gasteiger partial charge in [0.25, 0.3) is 0 Å². The van der Waals surface area contributed by atoms with Crippen LogP contribution < -0.4 is 15.4 Å². The lowest BCUT2D eigenvalue weighted by Crippen LogP contribution is -2.17. The first-order valence-corrected chi connectivity index (χ1v) is 8.95. The molecule has 0 bridgehead atoms. The van der Waals surface area contributed by atoms with Gasteiger partial charge in [0.1, 0.15) is 5.82 Å². The van der Waals surface area contributed by atoms with Crippen LogP contribution in [0.1, 0.15) is 13.3 Å². The molecular weight excluding hydrogens is 363 g/mol. The van der Waals surface area contributed by atoms with E-state index in [1.807, 2.05) is 37.3 Å². The highest BCUT2D eigenvalue weighted by atomic mass is 32.1. The average Bonchev–Trinajstić information content (AvgIpc) is 2.69. The Labute approximate surface area is 162 Å². The maximum Gasteiger partial charge on any atom is 0.217 e. The van der Waals surface area contributed by atoms with Gasteiger partial charge in [-0.3, -0.25) is 0 Å².